The van der Waals surface area contributed by atoms with Crippen LogP contribution in [0.1, 0.15) is 20.8 Å². The largest absolute Gasteiger partial charge is 0.323 e. The van der Waals surface area contributed by atoms with Crippen LogP contribution >= 0.6 is 0 Å². The van der Waals surface area contributed by atoms with Crippen molar-refractivity contribution in [2.75, 3.05) is 19.6 Å². The predicted molar refractivity (Wildman–Crippen MR) is 55.9 cm³/mol. The maximum absolute atomic E-state index is 11.6. The Morgan fingerprint density at radius 3 is 2.36 bits per heavy atom. The van der Waals surface area contributed by atoms with Crippen LogP contribution < -0.4 is 10.5 Å². The number of nitrogens with zero attached hydrogens (tertiary/aromatic N) is 1. The van der Waals surface area contributed by atoms with Gasteiger partial charge in [-0.05, 0) is 12.8 Å². The molecule has 0 spiro atoms. The van der Waals surface area contributed by atoms with E-state index in [-0.39, 0.29) is 5.54 Å². The van der Waals surface area contributed by atoms with Gasteiger partial charge in [0.15, 0.2) is 0 Å². The summed E-state index contributed by atoms with van der Waals surface area (Å²) in [6, 6.07) is 0. The minimum atomic E-state index is -3.29. The topological polar surface area (TPSA) is 75.4 Å². The van der Waals surface area contributed by atoms with Crippen molar-refractivity contribution in [2.24, 2.45) is 11.7 Å². The smallest absolute Gasteiger partial charge is 0.279 e. The molecule has 0 aromatic rings. The van der Waals surface area contributed by atoms with E-state index < -0.39 is 10.2 Å². The molecule has 0 aliphatic carbocycles. The number of hydrogen-bond donors (Lipinski definition) is 2. The molecule has 0 saturated carbocycles. The van der Waals surface area contributed by atoms with Crippen molar-refractivity contribution in [3.05, 3.63) is 0 Å². The average Bonchev–Trinajstić information content (AvgIpc) is 1.96. The quantitative estimate of drug-likeness (QED) is 0.672. The zero-order valence-corrected chi connectivity index (χ0v) is 9.76. The Morgan fingerprint density at radius 2 is 2.00 bits per heavy atom. The molecule has 5 nitrogen and oxygen atoms in total. The zero-order chi connectivity index (χ0) is 11.0. The molecule has 0 aromatic carbocycles. The fourth-order valence-electron chi connectivity index (χ4n) is 1.29. The summed E-state index contributed by atoms with van der Waals surface area (Å²) in [6.45, 7) is 7.06. The van der Waals surface area contributed by atoms with Gasteiger partial charge >= 0.3 is 0 Å². The van der Waals surface area contributed by atoms with Crippen molar-refractivity contribution in [2.45, 2.75) is 26.3 Å². The van der Waals surface area contributed by atoms with Crippen LogP contribution in [0.25, 0.3) is 0 Å². The molecular formula is C8H19N3O2S. The summed E-state index contributed by atoms with van der Waals surface area (Å²) in [5, 5.41) is 0. The molecule has 0 unspecified atom stereocenters. The Bertz CT molecular complexity index is 290. The first-order valence-electron chi connectivity index (χ1n) is 4.76. The van der Waals surface area contributed by atoms with Crippen molar-refractivity contribution in [3.63, 3.8) is 0 Å². The Labute approximate surface area is 85.8 Å². The van der Waals surface area contributed by atoms with Gasteiger partial charge in [-0.2, -0.15) is 12.7 Å². The highest BCUT2D eigenvalue weighted by Gasteiger charge is 2.41. The van der Waals surface area contributed by atoms with Gasteiger partial charge in [-0.3, -0.25) is 0 Å². The van der Waals surface area contributed by atoms with Gasteiger partial charge < -0.3 is 5.73 Å². The van der Waals surface area contributed by atoms with Crippen LogP contribution in [0, 0.1) is 5.92 Å². The van der Waals surface area contributed by atoms with Crippen LogP contribution in [0.4, 0.5) is 0 Å². The zero-order valence-electron chi connectivity index (χ0n) is 8.95. The molecule has 14 heavy (non-hydrogen) atoms. The number of hydrogen-bond acceptors (Lipinski definition) is 3. The lowest BCUT2D eigenvalue weighted by Gasteiger charge is -2.43. The van der Waals surface area contributed by atoms with E-state index in [1.807, 2.05) is 20.8 Å². The number of nitrogens with one attached hydrogen (secondary N) is 1. The molecule has 1 aliphatic rings. The highest BCUT2D eigenvalue weighted by Crippen LogP contribution is 2.19. The SMILES string of the molecule is CC(C)CNS(=O)(=O)N1CC(C)(N)C1. The third-order valence-corrected chi connectivity index (χ3v) is 3.56. The second kappa shape index (κ2) is 3.77. The van der Waals surface area contributed by atoms with Crippen LogP contribution in [0.5, 0.6) is 0 Å². The molecule has 1 aliphatic heterocycles. The maximum atomic E-state index is 11.6. The Morgan fingerprint density at radius 1 is 1.50 bits per heavy atom. The van der Waals surface area contributed by atoms with Gasteiger partial charge in [0, 0.05) is 25.2 Å². The summed E-state index contributed by atoms with van der Waals surface area (Å²) >= 11 is 0. The minimum absolute atomic E-state index is 0.315. The maximum Gasteiger partial charge on any atom is 0.279 e. The second-order valence-electron chi connectivity index (χ2n) is 4.67. The van der Waals surface area contributed by atoms with Crippen LogP contribution in [0.3, 0.4) is 0 Å². The van der Waals surface area contributed by atoms with Crippen molar-refractivity contribution >= 4 is 10.2 Å². The number of rotatable bonds is 4. The molecule has 0 atom stereocenters. The molecule has 0 amide bonds. The van der Waals surface area contributed by atoms with E-state index in [1.54, 1.807) is 0 Å². The summed E-state index contributed by atoms with van der Waals surface area (Å²) in [6.07, 6.45) is 0. The van der Waals surface area contributed by atoms with E-state index in [1.165, 1.54) is 4.31 Å². The van der Waals surface area contributed by atoms with E-state index in [9.17, 15) is 8.42 Å². The highest BCUT2D eigenvalue weighted by molar-refractivity contribution is 7.87. The van der Waals surface area contributed by atoms with Crippen LogP contribution in [0.15, 0.2) is 0 Å². The first-order chi connectivity index (χ1) is 6.23. The van der Waals surface area contributed by atoms with E-state index in [4.69, 9.17) is 5.73 Å². The third kappa shape index (κ3) is 2.91. The third-order valence-electron chi connectivity index (χ3n) is 2.09. The number of nitrogens with two attached hydrogens (primary N) is 1. The molecule has 0 bridgehead atoms. The van der Waals surface area contributed by atoms with Crippen molar-refractivity contribution < 1.29 is 8.42 Å². The van der Waals surface area contributed by atoms with Crippen LogP contribution in [0.2, 0.25) is 0 Å². The van der Waals surface area contributed by atoms with Crippen molar-refractivity contribution in [1.82, 2.24) is 9.03 Å². The monoisotopic (exact) mass is 221 g/mol. The first-order valence-corrected chi connectivity index (χ1v) is 6.20. The lowest BCUT2D eigenvalue weighted by molar-refractivity contribution is 0.174. The average molecular weight is 221 g/mol. The molecule has 1 saturated heterocycles. The normalized spacial score (nSPS) is 22.4. The fraction of sp³-hybridized carbons (Fsp3) is 1.00. The highest BCUT2D eigenvalue weighted by atomic mass is 32.2. The Hall–Kier alpha value is -0.170. The van der Waals surface area contributed by atoms with E-state index in [0.717, 1.165) is 0 Å². The molecule has 1 heterocycles. The Kier molecular flexibility index (Phi) is 3.20. The first kappa shape index (κ1) is 11.9. The fourth-order valence-corrected chi connectivity index (χ4v) is 2.95. The molecule has 1 fully saturated rings. The standard InChI is InChI=1S/C8H19N3O2S/c1-7(2)4-10-14(12,13)11-5-8(3,9)6-11/h7,10H,4-6,9H2,1-3H3. The molecular weight excluding hydrogens is 202 g/mol. The van der Waals surface area contributed by atoms with Gasteiger partial charge in [-0.25, -0.2) is 4.72 Å². The van der Waals surface area contributed by atoms with Crippen LogP contribution in [-0.4, -0.2) is 37.9 Å². The summed E-state index contributed by atoms with van der Waals surface area (Å²) in [5.74, 6) is 0.315. The molecule has 0 aromatic heterocycles. The molecule has 1 rings (SSSR count). The lowest BCUT2D eigenvalue weighted by Crippen LogP contribution is -2.68. The summed E-state index contributed by atoms with van der Waals surface area (Å²) < 4.78 is 27.0. The second-order valence-corrected chi connectivity index (χ2v) is 6.42. The molecule has 6 heteroatoms. The van der Waals surface area contributed by atoms with Gasteiger partial charge in [0.2, 0.25) is 0 Å². The van der Waals surface area contributed by atoms with E-state index in [2.05, 4.69) is 4.72 Å². The molecule has 3 N–H and O–H groups in total. The Balaban J connectivity index is 2.44. The minimum Gasteiger partial charge on any atom is -0.323 e. The molecule has 84 valence electrons. The predicted octanol–water partition coefficient (Wildman–Crippen LogP) is -0.490. The van der Waals surface area contributed by atoms with Crippen LogP contribution in [-0.2, 0) is 10.2 Å². The summed E-state index contributed by atoms with van der Waals surface area (Å²) in [5.41, 5.74) is 5.38. The lowest BCUT2D eigenvalue weighted by atomic mass is 9.97. The van der Waals surface area contributed by atoms with Crippen molar-refractivity contribution in [3.8, 4) is 0 Å². The summed E-state index contributed by atoms with van der Waals surface area (Å²) in [7, 11) is -3.29. The van der Waals surface area contributed by atoms with Gasteiger partial charge in [-0.1, -0.05) is 13.8 Å². The summed E-state index contributed by atoms with van der Waals surface area (Å²) in [4.78, 5) is 0. The van der Waals surface area contributed by atoms with Crippen molar-refractivity contribution in [1.29, 1.82) is 0 Å². The molecule has 0 radical (unpaired) electrons. The van der Waals surface area contributed by atoms with E-state index in [0.29, 0.717) is 25.6 Å². The van der Waals surface area contributed by atoms with Gasteiger partial charge in [0.25, 0.3) is 10.2 Å². The van der Waals surface area contributed by atoms with E-state index >= 15 is 0 Å². The van der Waals surface area contributed by atoms with Gasteiger partial charge in [-0.15, -0.1) is 0 Å². The van der Waals surface area contributed by atoms with Gasteiger partial charge in [0.1, 0.15) is 0 Å². The van der Waals surface area contributed by atoms with Gasteiger partial charge in [0.05, 0.1) is 0 Å².